The van der Waals surface area contributed by atoms with Gasteiger partial charge in [0.25, 0.3) is 10.0 Å². The van der Waals surface area contributed by atoms with Gasteiger partial charge in [-0.2, -0.15) is 13.2 Å². The van der Waals surface area contributed by atoms with E-state index in [2.05, 4.69) is 10.3 Å². The number of rotatable bonds is 4. The molecule has 1 aromatic carbocycles. The zero-order valence-corrected chi connectivity index (χ0v) is 13.1. The normalized spacial score (nSPS) is 12.0. The van der Waals surface area contributed by atoms with Crippen molar-refractivity contribution in [1.29, 1.82) is 0 Å². The van der Waals surface area contributed by atoms with Crippen LogP contribution in [-0.2, 0) is 21.0 Å². The smallest absolute Gasteiger partial charge is 0.302 e. The second-order valence-electron chi connectivity index (χ2n) is 4.35. The molecule has 2 N–H and O–H groups in total. The Morgan fingerprint density at radius 3 is 2.61 bits per heavy atom. The number of halogens is 3. The van der Waals surface area contributed by atoms with Gasteiger partial charge in [-0.3, -0.25) is 9.52 Å². The summed E-state index contributed by atoms with van der Waals surface area (Å²) >= 11 is 0.681. The lowest BCUT2D eigenvalue weighted by molar-refractivity contribution is -0.137. The lowest BCUT2D eigenvalue weighted by Gasteiger charge is -2.10. The van der Waals surface area contributed by atoms with E-state index in [0.717, 1.165) is 18.3 Å². The molecular formula is C12H10F3N3O3S2. The van der Waals surface area contributed by atoms with Crippen LogP contribution in [0.25, 0.3) is 0 Å². The van der Waals surface area contributed by atoms with Gasteiger partial charge in [0.2, 0.25) is 5.91 Å². The number of nitrogens with one attached hydrogen (secondary N) is 2. The highest BCUT2D eigenvalue weighted by Gasteiger charge is 2.30. The standard InChI is InChI=1S/C12H10F3N3O3S2/c1-7(19)17-11-16-6-10(22-11)23(20,21)18-9-4-2-3-8(5-9)12(13,14)15/h2-6,18H,1H3,(H,16,17,19). The number of alkyl halides is 3. The largest absolute Gasteiger partial charge is 0.416 e. The summed E-state index contributed by atoms with van der Waals surface area (Å²) in [7, 11) is -4.10. The zero-order valence-electron chi connectivity index (χ0n) is 11.5. The number of anilines is 2. The van der Waals surface area contributed by atoms with Crippen molar-refractivity contribution in [2.24, 2.45) is 0 Å². The highest BCUT2D eigenvalue weighted by molar-refractivity contribution is 7.94. The van der Waals surface area contributed by atoms with Crippen molar-refractivity contribution in [3.63, 3.8) is 0 Å². The number of amides is 1. The van der Waals surface area contributed by atoms with Crippen molar-refractivity contribution in [3.8, 4) is 0 Å². The summed E-state index contributed by atoms with van der Waals surface area (Å²) in [5, 5.41) is 2.39. The number of aromatic nitrogens is 1. The van der Waals surface area contributed by atoms with Gasteiger partial charge >= 0.3 is 6.18 Å². The van der Waals surface area contributed by atoms with Gasteiger partial charge in [-0.1, -0.05) is 17.4 Å². The first kappa shape index (κ1) is 17.2. The van der Waals surface area contributed by atoms with Crippen molar-refractivity contribution in [2.75, 3.05) is 10.0 Å². The molecule has 0 bridgehead atoms. The molecule has 0 aliphatic rings. The number of carbonyl (C=O) groups excluding carboxylic acids is 1. The van der Waals surface area contributed by atoms with Gasteiger partial charge in [-0.15, -0.1) is 0 Å². The molecule has 2 aromatic rings. The van der Waals surface area contributed by atoms with Crippen LogP contribution in [0.5, 0.6) is 0 Å². The molecule has 0 atom stereocenters. The lowest BCUT2D eigenvalue weighted by atomic mass is 10.2. The highest BCUT2D eigenvalue weighted by atomic mass is 32.2. The molecule has 1 heterocycles. The topological polar surface area (TPSA) is 88.2 Å². The number of hydrogen-bond acceptors (Lipinski definition) is 5. The summed E-state index contributed by atoms with van der Waals surface area (Å²) in [6, 6.07) is 3.81. The van der Waals surface area contributed by atoms with E-state index in [1.54, 1.807) is 0 Å². The molecule has 1 amide bonds. The van der Waals surface area contributed by atoms with Crippen LogP contribution in [0.15, 0.2) is 34.7 Å². The molecule has 0 fully saturated rings. The SMILES string of the molecule is CC(=O)Nc1ncc(S(=O)(=O)Nc2cccc(C(F)(F)F)c2)s1. The van der Waals surface area contributed by atoms with Crippen molar-refractivity contribution in [3.05, 3.63) is 36.0 Å². The number of thiazole rings is 1. The summed E-state index contributed by atoms with van der Waals surface area (Å²) in [5.41, 5.74) is -1.20. The average molecular weight is 365 g/mol. The summed E-state index contributed by atoms with van der Waals surface area (Å²) in [4.78, 5) is 14.6. The van der Waals surface area contributed by atoms with Crippen LogP contribution in [0.4, 0.5) is 24.0 Å². The van der Waals surface area contributed by atoms with E-state index in [4.69, 9.17) is 0 Å². The van der Waals surface area contributed by atoms with E-state index >= 15 is 0 Å². The number of carbonyl (C=O) groups is 1. The van der Waals surface area contributed by atoms with Gasteiger partial charge < -0.3 is 5.32 Å². The first-order valence-corrected chi connectivity index (χ1v) is 8.31. The minimum absolute atomic E-state index is 0.0712. The van der Waals surface area contributed by atoms with Crippen LogP contribution in [0.2, 0.25) is 0 Å². The maximum Gasteiger partial charge on any atom is 0.416 e. The third-order valence-electron chi connectivity index (χ3n) is 2.47. The van der Waals surface area contributed by atoms with Crippen molar-refractivity contribution in [1.82, 2.24) is 4.98 Å². The van der Waals surface area contributed by atoms with Crippen LogP contribution >= 0.6 is 11.3 Å². The van der Waals surface area contributed by atoms with Crippen LogP contribution in [0.1, 0.15) is 12.5 Å². The van der Waals surface area contributed by atoms with Gasteiger partial charge in [0, 0.05) is 12.6 Å². The first-order valence-electron chi connectivity index (χ1n) is 6.01. The monoisotopic (exact) mass is 365 g/mol. The fourth-order valence-electron chi connectivity index (χ4n) is 1.56. The van der Waals surface area contributed by atoms with E-state index < -0.39 is 27.7 Å². The summed E-state index contributed by atoms with van der Waals surface area (Å²) in [6.45, 7) is 1.23. The van der Waals surface area contributed by atoms with E-state index in [1.807, 2.05) is 4.72 Å². The molecule has 6 nitrogen and oxygen atoms in total. The van der Waals surface area contributed by atoms with E-state index in [1.165, 1.54) is 13.0 Å². The minimum atomic E-state index is -4.58. The second kappa shape index (κ2) is 6.16. The van der Waals surface area contributed by atoms with Crippen LogP contribution in [-0.4, -0.2) is 19.3 Å². The molecule has 0 aliphatic heterocycles. The summed E-state index contributed by atoms with van der Waals surface area (Å²) in [6.07, 6.45) is -3.57. The molecule has 0 radical (unpaired) electrons. The Morgan fingerprint density at radius 2 is 2.00 bits per heavy atom. The molecule has 23 heavy (non-hydrogen) atoms. The Morgan fingerprint density at radius 1 is 1.30 bits per heavy atom. The third-order valence-corrected chi connectivity index (χ3v) is 5.23. The Bertz CT molecular complexity index is 831. The Hall–Kier alpha value is -2.14. The van der Waals surface area contributed by atoms with Crippen LogP contribution in [0.3, 0.4) is 0 Å². The maximum absolute atomic E-state index is 12.6. The number of nitrogens with zero attached hydrogens (tertiary/aromatic N) is 1. The Balaban J connectivity index is 2.25. The molecule has 0 unspecified atom stereocenters. The van der Waals surface area contributed by atoms with Gasteiger partial charge in [-0.05, 0) is 18.2 Å². The molecule has 0 spiro atoms. The Kier molecular flexibility index (Phi) is 4.61. The third kappa shape index (κ3) is 4.42. The molecule has 11 heteroatoms. The Labute approximate surface area is 133 Å². The summed E-state index contributed by atoms with van der Waals surface area (Å²) < 4.78 is 63.9. The minimum Gasteiger partial charge on any atom is -0.302 e. The fraction of sp³-hybridized carbons (Fsp3) is 0.167. The average Bonchev–Trinajstić information content (AvgIpc) is 2.86. The molecule has 2 rings (SSSR count). The van der Waals surface area contributed by atoms with Gasteiger partial charge in [0.05, 0.1) is 11.8 Å². The number of hydrogen-bond donors (Lipinski definition) is 2. The van der Waals surface area contributed by atoms with E-state index in [9.17, 15) is 26.4 Å². The maximum atomic E-state index is 12.6. The number of sulfonamides is 1. The van der Waals surface area contributed by atoms with Gasteiger partial charge in [-0.25, -0.2) is 13.4 Å². The lowest BCUT2D eigenvalue weighted by Crippen LogP contribution is -2.13. The molecule has 124 valence electrons. The van der Waals surface area contributed by atoms with Crippen molar-refractivity contribution < 1.29 is 26.4 Å². The fourth-order valence-corrected chi connectivity index (χ4v) is 3.68. The zero-order chi connectivity index (χ0) is 17.3. The van der Waals surface area contributed by atoms with Crippen LogP contribution < -0.4 is 10.0 Å². The molecule has 0 saturated heterocycles. The first-order chi connectivity index (χ1) is 10.6. The number of benzene rings is 1. The molecule has 0 saturated carbocycles. The summed E-state index contributed by atoms with van der Waals surface area (Å²) in [5.74, 6) is -0.422. The van der Waals surface area contributed by atoms with E-state index in [-0.39, 0.29) is 15.0 Å². The highest BCUT2D eigenvalue weighted by Crippen LogP contribution is 2.31. The van der Waals surface area contributed by atoms with Crippen LogP contribution in [0, 0.1) is 0 Å². The van der Waals surface area contributed by atoms with Crippen molar-refractivity contribution >= 4 is 38.1 Å². The second-order valence-corrected chi connectivity index (χ2v) is 7.29. The van der Waals surface area contributed by atoms with Gasteiger partial charge in [0.15, 0.2) is 9.34 Å². The van der Waals surface area contributed by atoms with Gasteiger partial charge in [0.1, 0.15) is 0 Å². The van der Waals surface area contributed by atoms with Crippen molar-refractivity contribution in [2.45, 2.75) is 17.3 Å². The predicted octanol–water partition coefficient (Wildman–Crippen LogP) is 2.92. The molecule has 0 aliphatic carbocycles. The molecule has 1 aromatic heterocycles. The predicted molar refractivity (Wildman–Crippen MR) is 78.7 cm³/mol. The quantitative estimate of drug-likeness (QED) is 0.872. The van der Waals surface area contributed by atoms with E-state index in [0.29, 0.717) is 17.4 Å². The molecular weight excluding hydrogens is 355 g/mol.